The van der Waals surface area contributed by atoms with Gasteiger partial charge < -0.3 is 14.2 Å². The van der Waals surface area contributed by atoms with Crippen molar-refractivity contribution in [3.05, 3.63) is 12.2 Å². The summed E-state index contributed by atoms with van der Waals surface area (Å²) >= 11 is 0. The highest BCUT2D eigenvalue weighted by Crippen LogP contribution is 2.03. The van der Waals surface area contributed by atoms with Gasteiger partial charge in [0.1, 0.15) is 15.4 Å². The van der Waals surface area contributed by atoms with E-state index < -0.39 is 0 Å². The van der Waals surface area contributed by atoms with Crippen LogP contribution in [0.2, 0.25) is 6.04 Å². The molecule has 0 unspecified atom stereocenters. The van der Waals surface area contributed by atoms with Crippen molar-refractivity contribution < 1.29 is 19.0 Å². The van der Waals surface area contributed by atoms with Gasteiger partial charge in [-0.1, -0.05) is 6.58 Å². The van der Waals surface area contributed by atoms with Crippen molar-refractivity contribution in [2.24, 2.45) is 0 Å². The van der Waals surface area contributed by atoms with Crippen LogP contribution in [0.15, 0.2) is 12.2 Å². The van der Waals surface area contributed by atoms with Gasteiger partial charge >= 0.3 is 5.97 Å². The first kappa shape index (κ1) is 12.3. The van der Waals surface area contributed by atoms with E-state index in [2.05, 4.69) is 11.3 Å². The van der Waals surface area contributed by atoms with Crippen molar-refractivity contribution in [1.82, 2.24) is 0 Å². The van der Waals surface area contributed by atoms with E-state index in [0.717, 1.165) is 0 Å². The Bertz CT molecular complexity index is 177. The van der Waals surface area contributed by atoms with Gasteiger partial charge in [0.25, 0.3) is 0 Å². The molecule has 0 atom stereocenters. The van der Waals surface area contributed by atoms with Crippen LogP contribution in [-0.4, -0.2) is 42.7 Å². The van der Waals surface area contributed by atoms with Crippen LogP contribution in [0, 0.1) is 0 Å². The molecule has 0 aliphatic heterocycles. The predicted octanol–water partition coefficient (Wildman–Crippen LogP) is 0.414. The standard InChI is InChI=1S/C8H14O4Si/c1-6(7(9)10-2)5-13-8(11-3)12-4/h8H,1,5H2,2-4H3. The number of carbonyl (C=O) groups excluding carboxylic acids is 1. The Morgan fingerprint density at radius 1 is 1.38 bits per heavy atom. The number of hydrogen-bond donors (Lipinski definition) is 0. The van der Waals surface area contributed by atoms with E-state index in [9.17, 15) is 4.79 Å². The minimum atomic E-state index is -0.376. The molecule has 74 valence electrons. The number of methoxy groups -OCH3 is 3. The Morgan fingerprint density at radius 3 is 2.31 bits per heavy atom. The number of hydrogen-bond acceptors (Lipinski definition) is 4. The zero-order valence-corrected chi connectivity index (χ0v) is 9.12. The van der Waals surface area contributed by atoms with Gasteiger partial charge in [-0.25, -0.2) is 4.79 Å². The SMILES string of the molecule is C=C(C[Si]C(OC)OC)C(=O)OC. The molecule has 0 saturated carbocycles. The van der Waals surface area contributed by atoms with Crippen LogP contribution in [0.1, 0.15) is 0 Å². The lowest BCUT2D eigenvalue weighted by Gasteiger charge is -2.11. The molecule has 2 radical (unpaired) electrons. The van der Waals surface area contributed by atoms with Crippen LogP contribution >= 0.6 is 0 Å². The van der Waals surface area contributed by atoms with E-state index >= 15 is 0 Å². The van der Waals surface area contributed by atoms with E-state index in [1.807, 2.05) is 0 Å². The van der Waals surface area contributed by atoms with E-state index in [-0.39, 0.29) is 11.9 Å². The molecule has 0 fully saturated rings. The van der Waals surface area contributed by atoms with Crippen LogP contribution in [0.25, 0.3) is 0 Å². The molecular weight excluding hydrogens is 188 g/mol. The number of carbonyl (C=O) groups is 1. The topological polar surface area (TPSA) is 44.8 Å². The first-order valence-electron chi connectivity index (χ1n) is 3.70. The molecule has 0 spiro atoms. The summed E-state index contributed by atoms with van der Waals surface area (Å²) in [6, 6.07) is 0.541. The number of rotatable bonds is 6. The summed E-state index contributed by atoms with van der Waals surface area (Å²) < 4.78 is 14.4. The summed E-state index contributed by atoms with van der Waals surface area (Å²) in [5.41, 5.74) is 0.444. The van der Waals surface area contributed by atoms with Gasteiger partial charge in [-0.2, -0.15) is 0 Å². The van der Waals surface area contributed by atoms with Gasteiger partial charge in [0.15, 0.2) is 0 Å². The zero-order valence-electron chi connectivity index (χ0n) is 8.12. The van der Waals surface area contributed by atoms with Gasteiger partial charge in [0, 0.05) is 19.8 Å². The third-order valence-corrected chi connectivity index (χ3v) is 2.82. The highest BCUT2D eigenvalue weighted by molar-refractivity contribution is 6.38. The van der Waals surface area contributed by atoms with Crippen LogP contribution in [0.3, 0.4) is 0 Å². The summed E-state index contributed by atoms with van der Waals surface area (Å²) in [5.74, 6) is -0.639. The largest absolute Gasteiger partial charge is 0.466 e. The molecule has 0 aromatic heterocycles. The smallest absolute Gasteiger partial charge is 0.332 e. The van der Waals surface area contributed by atoms with Crippen molar-refractivity contribution in [3.8, 4) is 0 Å². The maximum absolute atomic E-state index is 10.9. The van der Waals surface area contributed by atoms with Gasteiger partial charge in [0.05, 0.1) is 7.11 Å². The Hall–Kier alpha value is -0.653. The number of ether oxygens (including phenoxy) is 3. The average Bonchev–Trinajstić information content (AvgIpc) is 2.17. The van der Waals surface area contributed by atoms with Crippen LogP contribution in [0.5, 0.6) is 0 Å². The van der Waals surface area contributed by atoms with Gasteiger partial charge in [-0.15, -0.1) is 0 Å². The fourth-order valence-corrected chi connectivity index (χ4v) is 1.58. The molecule has 0 saturated heterocycles. The second kappa shape index (κ2) is 6.82. The Balaban J connectivity index is 3.74. The molecule has 0 aliphatic rings. The number of esters is 1. The van der Waals surface area contributed by atoms with Crippen LogP contribution < -0.4 is 0 Å². The molecule has 0 aromatic carbocycles. The summed E-state index contributed by atoms with van der Waals surface area (Å²) in [7, 11) is 4.80. The van der Waals surface area contributed by atoms with E-state index in [1.54, 1.807) is 14.2 Å². The lowest BCUT2D eigenvalue weighted by Crippen LogP contribution is -2.22. The van der Waals surface area contributed by atoms with Crippen molar-refractivity contribution in [2.45, 2.75) is 12.0 Å². The first-order valence-corrected chi connectivity index (χ1v) is 4.99. The molecule has 0 bridgehead atoms. The molecule has 13 heavy (non-hydrogen) atoms. The summed E-state index contributed by atoms with van der Waals surface area (Å²) in [5, 5.41) is 0. The van der Waals surface area contributed by atoms with Crippen LogP contribution in [0.4, 0.5) is 0 Å². The fraction of sp³-hybridized carbons (Fsp3) is 0.625. The minimum Gasteiger partial charge on any atom is -0.466 e. The highest BCUT2D eigenvalue weighted by atomic mass is 28.2. The third kappa shape index (κ3) is 4.82. The Morgan fingerprint density at radius 2 is 1.92 bits per heavy atom. The third-order valence-electron chi connectivity index (χ3n) is 1.38. The highest BCUT2D eigenvalue weighted by Gasteiger charge is 2.11. The van der Waals surface area contributed by atoms with E-state index in [1.165, 1.54) is 7.11 Å². The lowest BCUT2D eigenvalue weighted by molar-refractivity contribution is -0.136. The Labute approximate surface area is 80.7 Å². The van der Waals surface area contributed by atoms with Crippen molar-refractivity contribution in [2.75, 3.05) is 21.3 Å². The normalized spacial score (nSPS) is 10.2. The summed E-state index contributed by atoms with van der Waals surface area (Å²) in [4.78, 5) is 10.9. The maximum atomic E-state index is 10.9. The summed E-state index contributed by atoms with van der Waals surface area (Å²) in [6.07, 6.45) is 0. The second-order valence-corrected chi connectivity index (χ2v) is 3.51. The molecule has 0 amide bonds. The van der Waals surface area contributed by atoms with Gasteiger partial charge in [0.2, 0.25) is 0 Å². The molecule has 4 nitrogen and oxygen atoms in total. The minimum absolute atomic E-state index is 0.263. The predicted molar refractivity (Wildman–Crippen MR) is 49.5 cm³/mol. The van der Waals surface area contributed by atoms with Crippen molar-refractivity contribution in [3.63, 3.8) is 0 Å². The quantitative estimate of drug-likeness (QED) is 0.271. The monoisotopic (exact) mass is 202 g/mol. The molecule has 0 aromatic rings. The second-order valence-electron chi connectivity index (χ2n) is 2.28. The average molecular weight is 202 g/mol. The molecular formula is C8H14O4Si. The molecule has 0 aliphatic carbocycles. The van der Waals surface area contributed by atoms with Gasteiger partial charge in [-0.05, 0) is 6.04 Å². The fourth-order valence-electron chi connectivity index (χ4n) is 0.686. The maximum Gasteiger partial charge on any atom is 0.332 e. The van der Waals surface area contributed by atoms with E-state index in [4.69, 9.17) is 9.47 Å². The molecule has 0 heterocycles. The molecule has 0 N–H and O–H groups in total. The Kier molecular flexibility index (Phi) is 6.48. The van der Waals surface area contributed by atoms with Crippen molar-refractivity contribution in [1.29, 1.82) is 0 Å². The van der Waals surface area contributed by atoms with Crippen molar-refractivity contribution >= 4 is 15.5 Å². The summed E-state index contributed by atoms with van der Waals surface area (Å²) in [6.45, 7) is 3.59. The lowest BCUT2D eigenvalue weighted by atomic mass is 10.4. The first-order chi connectivity index (χ1) is 6.15. The van der Waals surface area contributed by atoms with Crippen LogP contribution in [-0.2, 0) is 19.0 Å². The molecule has 5 heteroatoms. The molecule has 0 rings (SSSR count). The van der Waals surface area contributed by atoms with Gasteiger partial charge in [-0.3, -0.25) is 0 Å². The zero-order chi connectivity index (χ0) is 10.3. The van der Waals surface area contributed by atoms with E-state index in [0.29, 0.717) is 21.1 Å².